The Kier molecular flexibility index (Phi) is 4.58. The Labute approximate surface area is 113 Å². The van der Waals surface area contributed by atoms with Gasteiger partial charge in [0.2, 0.25) is 5.91 Å². The normalized spacial score (nSPS) is 31.6. The maximum absolute atomic E-state index is 12.1. The number of hydrogen-bond donors (Lipinski definition) is 2. The number of ether oxygens (including phenoxy) is 1. The number of unbranched alkanes of at least 4 members (excludes halogenated alkanes) is 3. The van der Waals surface area contributed by atoms with Gasteiger partial charge in [-0.15, -0.1) is 0 Å². The second-order valence-electron chi connectivity index (χ2n) is 5.19. The van der Waals surface area contributed by atoms with Gasteiger partial charge in [-0.3, -0.25) is 9.59 Å². The highest BCUT2D eigenvalue weighted by molar-refractivity contribution is 5.87. The first kappa shape index (κ1) is 14.1. The Morgan fingerprint density at radius 3 is 2.47 bits per heavy atom. The Morgan fingerprint density at radius 2 is 1.84 bits per heavy atom. The van der Waals surface area contributed by atoms with E-state index in [1.807, 2.05) is 0 Å². The first-order valence-electron chi connectivity index (χ1n) is 6.99. The van der Waals surface area contributed by atoms with Gasteiger partial charge in [0.05, 0.1) is 18.1 Å². The summed E-state index contributed by atoms with van der Waals surface area (Å²) in [7, 11) is 0. The fourth-order valence-electron chi connectivity index (χ4n) is 2.80. The Morgan fingerprint density at radius 1 is 1.16 bits per heavy atom. The molecule has 106 valence electrons. The van der Waals surface area contributed by atoms with Crippen LogP contribution in [0.3, 0.4) is 0 Å². The third-order valence-corrected chi connectivity index (χ3v) is 3.82. The Hall–Kier alpha value is -1.36. The minimum Gasteiger partial charge on any atom is -0.481 e. The molecule has 2 aliphatic rings. The molecule has 0 aromatic carbocycles. The zero-order valence-corrected chi connectivity index (χ0v) is 11.2. The van der Waals surface area contributed by atoms with Crippen molar-refractivity contribution in [2.24, 2.45) is 11.8 Å². The average Bonchev–Trinajstić information content (AvgIpc) is 2.98. The van der Waals surface area contributed by atoms with Gasteiger partial charge in [0.1, 0.15) is 5.92 Å². The van der Waals surface area contributed by atoms with Crippen LogP contribution in [0.2, 0.25) is 0 Å². The summed E-state index contributed by atoms with van der Waals surface area (Å²) in [5, 5.41) is 12.0. The van der Waals surface area contributed by atoms with Crippen molar-refractivity contribution >= 4 is 11.9 Å². The lowest BCUT2D eigenvalue weighted by Gasteiger charge is -2.20. The number of carbonyl (C=O) groups excluding carboxylic acids is 1. The highest BCUT2D eigenvalue weighted by Crippen LogP contribution is 2.39. The summed E-state index contributed by atoms with van der Waals surface area (Å²) >= 11 is 0. The standard InChI is InChI=1S/C14H21NO4/c1-2-3-4-5-8-15-13(16)11-9-6-7-10(19-9)12(11)14(17)18/h6-7,9-12H,2-5,8H2,1H3,(H,15,16)(H,17,18)/t9-,10-,11+,12-/m1/s1. The summed E-state index contributed by atoms with van der Waals surface area (Å²) in [5.74, 6) is -2.48. The van der Waals surface area contributed by atoms with Crippen molar-refractivity contribution in [2.45, 2.75) is 44.8 Å². The molecule has 0 aromatic heterocycles. The van der Waals surface area contributed by atoms with Crippen LogP contribution in [0.5, 0.6) is 0 Å². The third kappa shape index (κ3) is 2.97. The molecule has 2 heterocycles. The highest BCUT2D eigenvalue weighted by Gasteiger charge is 2.52. The van der Waals surface area contributed by atoms with E-state index in [9.17, 15) is 14.7 Å². The van der Waals surface area contributed by atoms with E-state index in [0.717, 1.165) is 25.7 Å². The van der Waals surface area contributed by atoms with Crippen LogP contribution in [-0.2, 0) is 14.3 Å². The van der Waals surface area contributed by atoms with Crippen molar-refractivity contribution in [3.05, 3.63) is 12.2 Å². The van der Waals surface area contributed by atoms with Gasteiger partial charge in [0.25, 0.3) is 0 Å². The molecule has 19 heavy (non-hydrogen) atoms. The number of nitrogens with one attached hydrogen (secondary N) is 1. The summed E-state index contributed by atoms with van der Waals surface area (Å²) < 4.78 is 5.47. The van der Waals surface area contributed by atoms with Gasteiger partial charge in [-0.25, -0.2) is 0 Å². The highest BCUT2D eigenvalue weighted by atomic mass is 16.5. The van der Waals surface area contributed by atoms with E-state index in [2.05, 4.69) is 12.2 Å². The number of carbonyl (C=O) groups is 2. The molecule has 1 saturated heterocycles. The number of amides is 1. The summed E-state index contributed by atoms with van der Waals surface area (Å²) in [4.78, 5) is 23.3. The molecule has 1 amide bonds. The van der Waals surface area contributed by atoms with E-state index < -0.39 is 23.9 Å². The lowest BCUT2D eigenvalue weighted by Crippen LogP contribution is -2.42. The van der Waals surface area contributed by atoms with Gasteiger partial charge < -0.3 is 15.2 Å². The van der Waals surface area contributed by atoms with Crippen LogP contribution in [0, 0.1) is 11.8 Å². The number of carboxylic acid groups (broad SMARTS) is 1. The topological polar surface area (TPSA) is 75.6 Å². The molecular formula is C14H21NO4. The summed E-state index contributed by atoms with van der Waals surface area (Å²) in [6.45, 7) is 2.75. The molecule has 5 nitrogen and oxygen atoms in total. The number of fused-ring (bicyclic) bond motifs is 2. The number of rotatable bonds is 7. The maximum atomic E-state index is 12.1. The first-order chi connectivity index (χ1) is 9.15. The summed E-state index contributed by atoms with van der Waals surface area (Å²) in [6, 6.07) is 0. The molecule has 0 spiro atoms. The molecule has 2 N–H and O–H groups in total. The van der Waals surface area contributed by atoms with Gasteiger partial charge >= 0.3 is 5.97 Å². The van der Waals surface area contributed by atoms with Crippen LogP contribution in [0.15, 0.2) is 12.2 Å². The zero-order chi connectivity index (χ0) is 13.8. The number of carboxylic acids is 1. The van der Waals surface area contributed by atoms with Crippen LogP contribution in [0.1, 0.15) is 32.6 Å². The van der Waals surface area contributed by atoms with E-state index in [0.29, 0.717) is 6.54 Å². The Bertz CT molecular complexity index is 380. The fraction of sp³-hybridized carbons (Fsp3) is 0.714. The minimum atomic E-state index is -0.956. The number of hydrogen-bond acceptors (Lipinski definition) is 3. The predicted octanol–water partition coefficient (Wildman–Crippen LogP) is 1.34. The van der Waals surface area contributed by atoms with Gasteiger partial charge in [-0.1, -0.05) is 38.3 Å². The van der Waals surface area contributed by atoms with Crippen LogP contribution >= 0.6 is 0 Å². The number of aliphatic carboxylic acids is 1. The van der Waals surface area contributed by atoms with Crippen molar-refractivity contribution in [1.82, 2.24) is 5.32 Å². The molecule has 2 bridgehead atoms. The lowest BCUT2D eigenvalue weighted by molar-refractivity contribution is -0.146. The van der Waals surface area contributed by atoms with Gasteiger partial charge in [0.15, 0.2) is 0 Å². The van der Waals surface area contributed by atoms with Crippen LogP contribution in [-0.4, -0.2) is 35.7 Å². The van der Waals surface area contributed by atoms with Crippen molar-refractivity contribution in [2.75, 3.05) is 6.54 Å². The molecule has 2 aliphatic heterocycles. The van der Waals surface area contributed by atoms with E-state index in [-0.39, 0.29) is 12.0 Å². The molecule has 0 aliphatic carbocycles. The second kappa shape index (κ2) is 6.19. The average molecular weight is 267 g/mol. The van der Waals surface area contributed by atoms with E-state index in [1.165, 1.54) is 0 Å². The summed E-state index contributed by atoms with van der Waals surface area (Å²) in [5.41, 5.74) is 0. The first-order valence-corrected chi connectivity index (χ1v) is 6.99. The smallest absolute Gasteiger partial charge is 0.310 e. The van der Waals surface area contributed by atoms with Crippen LogP contribution in [0.4, 0.5) is 0 Å². The van der Waals surface area contributed by atoms with Crippen molar-refractivity contribution in [1.29, 1.82) is 0 Å². The fourth-order valence-corrected chi connectivity index (χ4v) is 2.80. The van der Waals surface area contributed by atoms with Crippen LogP contribution < -0.4 is 5.32 Å². The quantitative estimate of drug-likeness (QED) is 0.539. The molecular weight excluding hydrogens is 246 g/mol. The molecule has 5 heteroatoms. The largest absolute Gasteiger partial charge is 0.481 e. The van der Waals surface area contributed by atoms with Gasteiger partial charge in [0, 0.05) is 6.54 Å². The molecule has 0 saturated carbocycles. The van der Waals surface area contributed by atoms with Crippen molar-refractivity contribution in [3.63, 3.8) is 0 Å². The molecule has 4 atom stereocenters. The molecule has 1 fully saturated rings. The van der Waals surface area contributed by atoms with Crippen molar-refractivity contribution < 1.29 is 19.4 Å². The van der Waals surface area contributed by atoms with Gasteiger partial charge in [-0.05, 0) is 6.42 Å². The van der Waals surface area contributed by atoms with E-state index in [1.54, 1.807) is 12.2 Å². The zero-order valence-electron chi connectivity index (χ0n) is 11.2. The minimum absolute atomic E-state index is 0.194. The molecule has 0 unspecified atom stereocenters. The van der Waals surface area contributed by atoms with Crippen molar-refractivity contribution in [3.8, 4) is 0 Å². The molecule has 0 radical (unpaired) electrons. The SMILES string of the molecule is CCCCCCNC(=O)[C@@H]1[C@H](C(=O)O)[C@H]2C=C[C@H]1O2. The third-order valence-electron chi connectivity index (χ3n) is 3.82. The lowest BCUT2D eigenvalue weighted by atomic mass is 9.82. The van der Waals surface area contributed by atoms with E-state index >= 15 is 0 Å². The van der Waals surface area contributed by atoms with Crippen LogP contribution in [0.25, 0.3) is 0 Å². The molecule has 2 rings (SSSR count). The predicted molar refractivity (Wildman–Crippen MR) is 69.6 cm³/mol. The van der Waals surface area contributed by atoms with E-state index in [4.69, 9.17) is 4.74 Å². The Balaban J connectivity index is 1.84. The second-order valence-corrected chi connectivity index (χ2v) is 5.19. The maximum Gasteiger partial charge on any atom is 0.310 e. The molecule has 0 aromatic rings. The van der Waals surface area contributed by atoms with Gasteiger partial charge in [-0.2, -0.15) is 0 Å². The monoisotopic (exact) mass is 267 g/mol. The summed E-state index contributed by atoms with van der Waals surface area (Å²) in [6.07, 6.45) is 7.06.